The molecule has 3 aromatic heterocycles. The molecule has 0 saturated carbocycles. The van der Waals surface area contributed by atoms with Crippen LogP contribution in [-0.4, -0.2) is 35.4 Å². The Hall–Kier alpha value is -3.33. The fourth-order valence-electron chi connectivity index (χ4n) is 3.65. The van der Waals surface area contributed by atoms with Gasteiger partial charge in [-0.25, -0.2) is 19.3 Å². The second kappa shape index (κ2) is 9.04. The third kappa shape index (κ3) is 4.77. The molecule has 1 amide bonds. The van der Waals surface area contributed by atoms with Gasteiger partial charge < -0.3 is 5.32 Å². The van der Waals surface area contributed by atoms with Gasteiger partial charge in [-0.2, -0.15) is 10.2 Å². The average molecular weight is 494 g/mol. The first-order valence-electron chi connectivity index (χ1n) is 10.2. The zero-order valence-corrected chi connectivity index (χ0v) is 20.0. The molecule has 1 N–H and O–H groups in total. The van der Waals surface area contributed by atoms with Gasteiger partial charge in [-0.05, 0) is 51.5 Å². The summed E-state index contributed by atoms with van der Waals surface area (Å²) in [6.07, 6.45) is 1.88. The van der Waals surface area contributed by atoms with Crippen molar-refractivity contribution in [1.82, 2.24) is 29.5 Å². The maximum Gasteiger partial charge on any atom is 0.251 e. The third-order valence-electron chi connectivity index (χ3n) is 5.14. The number of nitrogens with one attached hydrogen (secondary N) is 1. The number of amides is 1. The predicted molar refractivity (Wildman–Crippen MR) is 126 cm³/mol. The van der Waals surface area contributed by atoms with E-state index in [2.05, 4.69) is 41.4 Å². The van der Waals surface area contributed by atoms with Crippen molar-refractivity contribution in [3.63, 3.8) is 0 Å². The van der Waals surface area contributed by atoms with Crippen LogP contribution in [0.2, 0.25) is 0 Å². The molecular formula is C23H24BrN7O. The second-order valence-electron chi connectivity index (χ2n) is 7.74. The van der Waals surface area contributed by atoms with Crippen LogP contribution in [0.25, 0.3) is 5.95 Å². The molecule has 0 spiro atoms. The molecule has 0 aliphatic carbocycles. The summed E-state index contributed by atoms with van der Waals surface area (Å²) in [5.74, 6) is 1.03. The van der Waals surface area contributed by atoms with Crippen LogP contribution in [0.4, 0.5) is 5.82 Å². The highest BCUT2D eigenvalue weighted by molar-refractivity contribution is 9.10. The van der Waals surface area contributed by atoms with E-state index in [-0.39, 0.29) is 12.3 Å². The summed E-state index contributed by atoms with van der Waals surface area (Å²) >= 11 is 3.49. The molecule has 3 heterocycles. The number of benzene rings is 1. The van der Waals surface area contributed by atoms with Gasteiger partial charge in [0.1, 0.15) is 5.82 Å². The summed E-state index contributed by atoms with van der Waals surface area (Å²) in [5.41, 5.74) is 5.33. The Morgan fingerprint density at radius 1 is 1.06 bits per heavy atom. The molecule has 9 heteroatoms. The van der Waals surface area contributed by atoms with Gasteiger partial charge in [-0.15, -0.1) is 0 Å². The van der Waals surface area contributed by atoms with Crippen molar-refractivity contribution in [2.24, 2.45) is 0 Å². The van der Waals surface area contributed by atoms with E-state index in [9.17, 15) is 4.79 Å². The zero-order valence-electron chi connectivity index (χ0n) is 18.4. The molecule has 32 heavy (non-hydrogen) atoms. The van der Waals surface area contributed by atoms with E-state index in [0.717, 1.165) is 38.4 Å². The van der Waals surface area contributed by atoms with Gasteiger partial charge >= 0.3 is 0 Å². The Morgan fingerprint density at radius 3 is 2.53 bits per heavy atom. The molecule has 4 aromatic rings. The molecule has 0 atom stereocenters. The van der Waals surface area contributed by atoms with Crippen molar-refractivity contribution in [2.75, 3.05) is 5.32 Å². The van der Waals surface area contributed by atoms with Crippen LogP contribution in [0, 0.1) is 27.7 Å². The second-order valence-corrected chi connectivity index (χ2v) is 8.66. The minimum absolute atomic E-state index is 0.131. The van der Waals surface area contributed by atoms with Gasteiger partial charge in [-0.1, -0.05) is 28.1 Å². The number of rotatable bonds is 6. The molecule has 0 unspecified atom stereocenters. The quantitative estimate of drug-likeness (QED) is 0.436. The van der Waals surface area contributed by atoms with Crippen molar-refractivity contribution < 1.29 is 4.79 Å². The predicted octanol–water partition coefficient (Wildman–Crippen LogP) is 4.08. The lowest BCUT2D eigenvalue weighted by atomic mass is 10.1. The fourth-order valence-corrected chi connectivity index (χ4v) is 4.09. The summed E-state index contributed by atoms with van der Waals surface area (Å²) in [5, 5.41) is 11.9. The molecule has 1 aromatic carbocycles. The molecular weight excluding hydrogens is 470 g/mol. The van der Waals surface area contributed by atoms with Gasteiger partial charge in [-0.3, -0.25) is 4.79 Å². The molecule has 0 saturated heterocycles. The Morgan fingerprint density at radius 2 is 1.81 bits per heavy atom. The molecule has 4 rings (SSSR count). The molecule has 0 aliphatic heterocycles. The summed E-state index contributed by atoms with van der Waals surface area (Å²) < 4.78 is 4.48. The molecule has 0 aliphatic rings. The smallest absolute Gasteiger partial charge is 0.251 e. The van der Waals surface area contributed by atoms with Crippen molar-refractivity contribution in [3.8, 4) is 5.95 Å². The lowest BCUT2D eigenvalue weighted by Crippen LogP contribution is -2.18. The number of hydrogen-bond donors (Lipinski definition) is 1. The van der Waals surface area contributed by atoms with E-state index in [1.165, 1.54) is 0 Å². The molecule has 8 nitrogen and oxygen atoms in total. The Bertz CT molecular complexity index is 1270. The number of nitrogens with zero attached hydrogens (tertiary/aromatic N) is 6. The van der Waals surface area contributed by atoms with Crippen LogP contribution in [0.15, 0.2) is 47.1 Å². The van der Waals surface area contributed by atoms with Crippen molar-refractivity contribution in [1.29, 1.82) is 0 Å². The molecule has 0 bridgehead atoms. The van der Waals surface area contributed by atoms with Crippen LogP contribution in [0.3, 0.4) is 0 Å². The van der Waals surface area contributed by atoms with Crippen molar-refractivity contribution >= 4 is 27.7 Å². The van der Waals surface area contributed by atoms with Crippen molar-refractivity contribution in [3.05, 3.63) is 81.0 Å². The van der Waals surface area contributed by atoms with E-state index < -0.39 is 0 Å². The van der Waals surface area contributed by atoms with Crippen LogP contribution in [0.1, 0.15) is 33.9 Å². The normalized spacial score (nSPS) is 11.0. The maximum absolute atomic E-state index is 12.9. The summed E-state index contributed by atoms with van der Waals surface area (Å²) in [7, 11) is 0. The Balaban J connectivity index is 1.51. The highest BCUT2D eigenvalue weighted by Crippen LogP contribution is 2.19. The monoisotopic (exact) mass is 493 g/mol. The standard InChI is InChI=1S/C23H24BrN7O/c1-14-10-15(2)27-23(26-14)31-17(4)20(16(3)29-31)12-22(32)28-21-8-9-25-30(21)13-18-6-5-7-19(24)11-18/h5-11H,12-13H2,1-4H3,(H,28,32). The number of aromatic nitrogens is 6. The first-order chi connectivity index (χ1) is 15.3. The van der Waals surface area contributed by atoms with Gasteiger partial charge in [0.05, 0.1) is 24.9 Å². The van der Waals surface area contributed by atoms with Gasteiger partial charge in [0, 0.05) is 33.2 Å². The Labute approximate surface area is 194 Å². The SMILES string of the molecule is Cc1cc(C)nc(-n2nc(C)c(CC(=O)Nc3ccnn3Cc3cccc(Br)c3)c2C)n1. The van der Waals surface area contributed by atoms with E-state index in [1.807, 2.05) is 58.0 Å². The highest BCUT2D eigenvalue weighted by Gasteiger charge is 2.18. The minimum atomic E-state index is -0.131. The van der Waals surface area contributed by atoms with Crippen LogP contribution < -0.4 is 5.32 Å². The maximum atomic E-state index is 12.9. The van der Waals surface area contributed by atoms with Gasteiger partial charge in [0.15, 0.2) is 0 Å². The number of carbonyl (C=O) groups excluding carboxylic acids is 1. The number of hydrogen-bond acceptors (Lipinski definition) is 5. The Kier molecular flexibility index (Phi) is 6.18. The number of anilines is 1. The van der Waals surface area contributed by atoms with Gasteiger partial charge in [0.2, 0.25) is 5.91 Å². The average Bonchev–Trinajstić information content (AvgIpc) is 3.26. The van der Waals surface area contributed by atoms with E-state index >= 15 is 0 Å². The first-order valence-corrected chi connectivity index (χ1v) is 11.0. The number of halogens is 1. The van der Waals surface area contributed by atoms with E-state index in [4.69, 9.17) is 0 Å². The van der Waals surface area contributed by atoms with Gasteiger partial charge in [0.25, 0.3) is 5.95 Å². The van der Waals surface area contributed by atoms with E-state index in [0.29, 0.717) is 18.3 Å². The molecule has 0 radical (unpaired) electrons. The third-order valence-corrected chi connectivity index (χ3v) is 5.64. The highest BCUT2D eigenvalue weighted by atomic mass is 79.9. The fraction of sp³-hybridized carbons (Fsp3) is 0.261. The molecule has 0 fully saturated rings. The topological polar surface area (TPSA) is 90.5 Å². The number of carbonyl (C=O) groups is 1. The molecule has 164 valence electrons. The summed E-state index contributed by atoms with van der Waals surface area (Å²) in [4.78, 5) is 21.9. The first kappa shape index (κ1) is 21.9. The summed E-state index contributed by atoms with van der Waals surface area (Å²) in [6.45, 7) is 8.24. The van der Waals surface area contributed by atoms with Crippen LogP contribution in [-0.2, 0) is 17.8 Å². The minimum Gasteiger partial charge on any atom is -0.311 e. The van der Waals surface area contributed by atoms with Crippen molar-refractivity contribution in [2.45, 2.75) is 40.7 Å². The zero-order chi connectivity index (χ0) is 22.8. The van der Waals surface area contributed by atoms with Crippen LogP contribution >= 0.6 is 15.9 Å². The summed E-state index contributed by atoms with van der Waals surface area (Å²) in [6, 6.07) is 11.7. The lowest BCUT2D eigenvalue weighted by molar-refractivity contribution is -0.115. The largest absolute Gasteiger partial charge is 0.311 e. The number of aryl methyl sites for hydroxylation is 3. The lowest BCUT2D eigenvalue weighted by Gasteiger charge is -2.10. The van der Waals surface area contributed by atoms with Crippen LogP contribution in [0.5, 0.6) is 0 Å². The van der Waals surface area contributed by atoms with E-state index in [1.54, 1.807) is 21.6 Å².